The van der Waals surface area contributed by atoms with Crippen LogP contribution in [0.5, 0.6) is 0 Å². The van der Waals surface area contributed by atoms with Crippen molar-refractivity contribution in [2.45, 2.75) is 89.9 Å². The molecular weight excluding hydrogens is 647 g/mol. The molecule has 2 aliphatic rings. The Kier molecular flexibility index (Phi) is 13.0. The minimum atomic E-state index is 0.161. The molecule has 274 valence electrons. The van der Waals surface area contributed by atoms with Crippen LogP contribution in [0, 0.1) is 0 Å². The second-order valence-electron chi connectivity index (χ2n) is 15.0. The Balaban J connectivity index is 1.27. The highest BCUT2D eigenvalue weighted by atomic mass is 16.5. The summed E-state index contributed by atoms with van der Waals surface area (Å²) in [5, 5.41) is 0. The van der Waals surface area contributed by atoms with E-state index in [4.69, 9.17) is 9.47 Å². The summed E-state index contributed by atoms with van der Waals surface area (Å²) < 4.78 is 10.5. The number of unbranched alkanes of at least 4 members (excludes halogenated alkanes) is 10. The third-order valence-corrected chi connectivity index (χ3v) is 11.3. The Morgan fingerprint density at radius 2 is 0.868 bits per heavy atom. The van der Waals surface area contributed by atoms with E-state index in [9.17, 15) is 0 Å². The monoisotopic (exact) mass is 704 g/mol. The number of para-hydroxylation sites is 3. The number of nitrogens with zero attached hydrogens (tertiary/aromatic N) is 2. The van der Waals surface area contributed by atoms with Crippen LogP contribution in [0.4, 0.5) is 34.1 Å². The van der Waals surface area contributed by atoms with Crippen molar-refractivity contribution in [3.05, 3.63) is 126 Å². The van der Waals surface area contributed by atoms with Crippen molar-refractivity contribution < 1.29 is 9.47 Å². The smallest absolute Gasteiger partial charge is 0.252 e. The van der Waals surface area contributed by atoms with E-state index in [1.54, 1.807) is 14.2 Å². The molecule has 0 radical (unpaired) electrons. The lowest BCUT2D eigenvalue weighted by atomic mass is 9.33. The van der Waals surface area contributed by atoms with Gasteiger partial charge in [0, 0.05) is 61.6 Å². The van der Waals surface area contributed by atoms with E-state index in [-0.39, 0.29) is 6.71 Å². The first-order valence-corrected chi connectivity index (χ1v) is 20.4. The van der Waals surface area contributed by atoms with Gasteiger partial charge < -0.3 is 19.3 Å². The van der Waals surface area contributed by atoms with Crippen molar-refractivity contribution >= 4 is 57.2 Å². The average molecular weight is 705 g/mol. The van der Waals surface area contributed by atoms with Gasteiger partial charge in [0.15, 0.2) is 0 Å². The summed E-state index contributed by atoms with van der Waals surface area (Å²) in [6.45, 7) is 1.91. The molecule has 5 aromatic carbocycles. The van der Waals surface area contributed by atoms with Gasteiger partial charge >= 0.3 is 0 Å². The van der Waals surface area contributed by atoms with Crippen molar-refractivity contribution in [3.63, 3.8) is 0 Å². The molecule has 0 atom stereocenters. The molecule has 5 heteroatoms. The second-order valence-corrected chi connectivity index (χ2v) is 15.0. The SMILES string of the molecule is COCCCCCCCCc1ccc2c(c1)N(c1ccccc1)c1cc(CCCCCCCCOC)cc3c1B2c1ccccc1N3c1ccccc1. The Morgan fingerprint density at radius 3 is 1.45 bits per heavy atom. The van der Waals surface area contributed by atoms with Crippen LogP contribution < -0.4 is 26.2 Å². The number of hydrogen-bond acceptors (Lipinski definition) is 4. The minimum absolute atomic E-state index is 0.161. The lowest BCUT2D eigenvalue weighted by molar-refractivity contribution is 0.192. The highest BCUT2D eigenvalue weighted by Crippen LogP contribution is 2.44. The van der Waals surface area contributed by atoms with Crippen LogP contribution in [0.15, 0.2) is 115 Å². The number of aryl methyl sites for hydroxylation is 2. The predicted molar refractivity (Wildman–Crippen MR) is 227 cm³/mol. The van der Waals surface area contributed by atoms with Gasteiger partial charge in [0.1, 0.15) is 0 Å². The molecule has 5 aromatic rings. The van der Waals surface area contributed by atoms with Gasteiger partial charge in [-0.2, -0.15) is 0 Å². The summed E-state index contributed by atoms with van der Waals surface area (Å²) >= 11 is 0. The Bertz CT molecular complexity index is 1900. The molecule has 0 N–H and O–H groups in total. The number of methoxy groups -OCH3 is 2. The number of anilines is 6. The van der Waals surface area contributed by atoms with Crippen molar-refractivity contribution in [1.82, 2.24) is 0 Å². The molecule has 0 saturated carbocycles. The van der Waals surface area contributed by atoms with Crippen LogP contribution >= 0.6 is 0 Å². The molecule has 0 unspecified atom stereocenters. The molecule has 0 aliphatic carbocycles. The average Bonchev–Trinajstić information content (AvgIpc) is 3.20. The quantitative estimate of drug-likeness (QED) is 0.0583. The topological polar surface area (TPSA) is 24.9 Å². The fraction of sp³-hybridized carbons (Fsp3) is 0.375. The van der Waals surface area contributed by atoms with Crippen LogP contribution in [-0.4, -0.2) is 34.1 Å². The van der Waals surface area contributed by atoms with Crippen LogP contribution in [0.2, 0.25) is 0 Å². The molecule has 2 heterocycles. The molecule has 0 fully saturated rings. The van der Waals surface area contributed by atoms with Crippen molar-refractivity contribution in [3.8, 4) is 0 Å². The van der Waals surface area contributed by atoms with Gasteiger partial charge in [-0.15, -0.1) is 0 Å². The first kappa shape index (κ1) is 37.0. The lowest BCUT2D eigenvalue weighted by Gasteiger charge is -2.44. The molecule has 0 spiro atoms. The molecular formula is C48H57BN2O2. The summed E-state index contributed by atoms with van der Waals surface area (Å²) in [5.74, 6) is 0. The number of hydrogen-bond donors (Lipinski definition) is 0. The summed E-state index contributed by atoms with van der Waals surface area (Å²) in [5.41, 5.74) is 14.7. The van der Waals surface area contributed by atoms with Gasteiger partial charge in [-0.3, -0.25) is 0 Å². The van der Waals surface area contributed by atoms with Crippen LogP contribution in [-0.2, 0) is 22.3 Å². The van der Waals surface area contributed by atoms with E-state index in [2.05, 4.69) is 125 Å². The normalized spacial score (nSPS) is 12.8. The zero-order chi connectivity index (χ0) is 36.2. The Hall–Kier alpha value is -4.32. The van der Waals surface area contributed by atoms with Gasteiger partial charge in [0.2, 0.25) is 0 Å². The molecule has 0 aromatic heterocycles. The lowest BCUT2D eigenvalue weighted by Crippen LogP contribution is -2.61. The van der Waals surface area contributed by atoms with Crippen molar-refractivity contribution in [2.24, 2.45) is 0 Å². The molecule has 7 rings (SSSR count). The third kappa shape index (κ3) is 8.58. The fourth-order valence-corrected chi connectivity index (χ4v) is 8.62. The summed E-state index contributed by atoms with van der Waals surface area (Å²) in [6, 6.07) is 43.6. The van der Waals surface area contributed by atoms with Gasteiger partial charge in [0.05, 0.1) is 0 Å². The van der Waals surface area contributed by atoms with Crippen LogP contribution in [0.1, 0.15) is 88.2 Å². The van der Waals surface area contributed by atoms with Gasteiger partial charge in [0.25, 0.3) is 6.71 Å². The zero-order valence-corrected chi connectivity index (χ0v) is 32.1. The maximum Gasteiger partial charge on any atom is 0.252 e. The first-order chi connectivity index (χ1) is 26.3. The van der Waals surface area contributed by atoms with E-state index in [0.717, 1.165) is 32.5 Å². The third-order valence-electron chi connectivity index (χ3n) is 11.3. The van der Waals surface area contributed by atoms with Gasteiger partial charge in [-0.25, -0.2) is 0 Å². The second kappa shape index (κ2) is 18.6. The van der Waals surface area contributed by atoms with E-state index < -0.39 is 0 Å². The number of rotatable bonds is 20. The maximum absolute atomic E-state index is 5.27. The number of ether oxygens (including phenoxy) is 2. The predicted octanol–water partition coefficient (Wildman–Crippen LogP) is 10.8. The van der Waals surface area contributed by atoms with Crippen LogP contribution in [0.3, 0.4) is 0 Å². The summed E-state index contributed by atoms with van der Waals surface area (Å²) in [6.07, 6.45) is 17.2. The molecule has 0 bridgehead atoms. The maximum atomic E-state index is 5.27. The molecule has 2 aliphatic heterocycles. The fourth-order valence-electron chi connectivity index (χ4n) is 8.62. The standard InChI is InChI=1S/C48H57BN2O2/c1-52-33-21-9-5-3-7-13-23-38-31-32-43-45(35-38)51(41-27-17-12-18-28-41)47-37-39(24-14-8-4-6-10-22-34-53-2)36-46-48(47)49(43)42-29-19-20-30-44(42)50(46)40-25-15-11-16-26-40/h11-12,15-20,25-32,35-37H,3-10,13-14,21-24,33-34H2,1-2H3. The van der Waals surface area contributed by atoms with E-state index in [0.29, 0.717) is 0 Å². The number of fused-ring (bicyclic) bond motifs is 4. The Morgan fingerprint density at radius 1 is 0.415 bits per heavy atom. The summed E-state index contributed by atoms with van der Waals surface area (Å²) in [7, 11) is 3.60. The zero-order valence-electron chi connectivity index (χ0n) is 32.1. The highest BCUT2D eigenvalue weighted by Gasteiger charge is 2.43. The highest BCUT2D eigenvalue weighted by molar-refractivity contribution is 7.00. The van der Waals surface area contributed by atoms with E-state index in [1.165, 1.54) is 132 Å². The van der Waals surface area contributed by atoms with Crippen molar-refractivity contribution in [1.29, 1.82) is 0 Å². The van der Waals surface area contributed by atoms with E-state index >= 15 is 0 Å². The molecule has 4 nitrogen and oxygen atoms in total. The van der Waals surface area contributed by atoms with Crippen molar-refractivity contribution in [2.75, 3.05) is 37.2 Å². The summed E-state index contributed by atoms with van der Waals surface area (Å²) in [4.78, 5) is 5.11. The molecule has 0 saturated heterocycles. The first-order valence-electron chi connectivity index (χ1n) is 20.4. The minimum Gasteiger partial charge on any atom is -0.385 e. The molecule has 0 amide bonds. The molecule has 53 heavy (non-hydrogen) atoms. The van der Waals surface area contributed by atoms with E-state index in [1.807, 2.05) is 0 Å². The van der Waals surface area contributed by atoms with Crippen LogP contribution in [0.25, 0.3) is 0 Å². The van der Waals surface area contributed by atoms with Gasteiger partial charge in [-0.1, -0.05) is 118 Å². The largest absolute Gasteiger partial charge is 0.385 e. The number of benzene rings is 5. The van der Waals surface area contributed by atoms with Gasteiger partial charge in [-0.05, 0) is 115 Å². The Labute approximate surface area is 319 Å².